The van der Waals surface area contributed by atoms with Gasteiger partial charge in [-0.15, -0.1) is 0 Å². The largest absolute Gasteiger partial charge is 2.00 e. The van der Waals surface area contributed by atoms with Crippen LogP contribution in [0.1, 0.15) is 194 Å². The standard InChI is InChI=1S/2C18H34O2.Ti/c2*1-2-3-4-5-6-7-8-9-10-11-12-13-14-15-16-17-18(19)20;/h2*9-10H,2-8,11-17H2,1H3,(H,19,20);/q;;+2/p-2/b2*10-9-;. The van der Waals surface area contributed by atoms with Gasteiger partial charge in [0.2, 0.25) is 0 Å². The summed E-state index contributed by atoms with van der Waals surface area (Å²) in [4.78, 5) is 20.4. The maximum Gasteiger partial charge on any atom is 2.00 e. The van der Waals surface area contributed by atoms with Gasteiger partial charge in [-0.25, -0.2) is 0 Å². The molecule has 0 N–H and O–H groups in total. The molecule has 0 aliphatic carbocycles. The second-order valence-electron chi connectivity index (χ2n) is 11.4. The van der Waals surface area contributed by atoms with Gasteiger partial charge in [-0.1, -0.05) is 141 Å². The van der Waals surface area contributed by atoms with Gasteiger partial charge in [0.25, 0.3) is 0 Å². The van der Waals surface area contributed by atoms with Crippen molar-refractivity contribution >= 4 is 11.9 Å². The topological polar surface area (TPSA) is 80.3 Å². The van der Waals surface area contributed by atoms with E-state index in [4.69, 9.17) is 0 Å². The molecule has 4 nitrogen and oxygen atoms in total. The average molecular weight is 611 g/mol. The zero-order chi connectivity index (χ0) is 29.8. The van der Waals surface area contributed by atoms with Crippen LogP contribution in [0, 0.1) is 0 Å². The van der Waals surface area contributed by atoms with Crippen LogP contribution in [-0.2, 0) is 31.3 Å². The molecule has 41 heavy (non-hydrogen) atoms. The zero-order valence-electron chi connectivity index (χ0n) is 27.2. The monoisotopic (exact) mass is 610 g/mol. The summed E-state index contributed by atoms with van der Waals surface area (Å²) in [7, 11) is 0. The van der Waals surface area contributed by atoms with Crippen LogP contribution in [0.3, 0.4) is 0 Å². The Morgan fingerprint density at radius 1 is 0.390 bits per heavy atom. The predicted molar refractivity (Wildman–Crippen MR) is 169 cm³/mol. The first-order valence-corrected chi connectivity index (χ1v) is 17.2. The van der Waals surface area contributed by atoms with Gasteiger partial charge in [0, 0.05) is 11.9 Å². The number of carboxylic acid groups (broad SMARTS) is 2. The van der Waals surface area contributed by atoms with E-state index in [1.165, 1.54) is 128 Å². The van der Waals surface area contributed by atoms with Crippen LogP contribution in [0.25, 0.3) is 0 Å². The van der Waals surface area contributed by atoms with Crippen molar-refractivity contribution in [1.82, 2.24) is 0 Å². The normalized spacial score (nSPS) is 11.0. The van der Waals surface area contributed by atoms with Crippen molar-refractivity contribution < 1.29 is 41.5 Å². The average Bonchev–Trinajstić information content (AvgIpc) is 2.93. The van der Waals surface area contributed by atoms with Gasteiger partial charge >= 0.3 is 21.7 Å². The molecule has 0 atom stereocenters. The minimum atomic E-state index is -0.914. The summed E-state index contributed by atoms with van der Waals surface area (Å²) in [6, 6.07) is 0. The van der Waals surface area contributed by atoms with Gasteiger partial charge in [-0.3, -0.25) is 0 Å². The number of carbonyl (C=O) groups excluding carboxylic acids is 2. The maximum absolute atomic E-state index is 10.2. The van der Waals surface area contributed by atoms with E-state index < -0.39 is 11.9 Å². The fourth-order valence-electron chi connectivity index (χ4n) is 4.68. The Labute approximate surface area is 270 Å². The number of allylic oxidation sites excluding steroid dienone is 4. The van der Waals surface area contributed by atoms with E-state index in [1.54, 1.807) is 0 Å². The van der Waals surface area contributed by atoms with Gasteiger partial charge in [-0.2, -0.15) is 0 Å². The Morgan fingerprint density at radius 3 is 0.854 bits per heavy atom. The van der Waals surface area contributed by atoms with Crippen molar-refractivity contribution in [2.24, 2.45) is 0 Å². The summed E-state index contributed by atoms with van der Waals surface area (Å²) in [5.41, 5.74) is 0. The number of carboxylic acids is 2. The minimum absolute atomic E-state index is 0. The van der Waals surface area contributed by atoms with E-state index in [0.717, 1.165) is 38.5 Å². The molecule has 0 spiro atoms. The molecule has 0 radical (unpaired) electrons. The van der Waals surface area contributed by atoms with Gasteiger partial charge < -0.3 is 19.8 Å². The van der Waals surface area contributed by atoms with Crippen LogP contribution in [0.2, 0.25) is 0 Å². The first kappa shape index (κ1) is 44.6. The van der Waals surface area contributed by atoms with E-state index in [2.05, 4.69) is 38.2 Å². The molecule has 0 bridgehead atoms. The van der Waals surface area contributed by atoms with Crippen LogP contribution in [0.5, 0.6) is 0 Å². The fraction of sp³-hybridized carbons (Fsp3) is 0.833. The summed E-state index contributed by atoms with van der Waals surface area (Å²) >= 11 is 0. The van der Waals surface area contributed by atoms with Crippen molar-refractivity contribution in [3.63, 3.8) is 0 Å². The number of hydrogen-bond acceptors (Lipinski definition) is 4. The molecule has 0 saturated carbocycles. The molecule has 0 aromatic heterocycles. The van der Waals surface area contributed by atoms with E-state index in [-0.39, 0.29) is 34.6 Å². The van der Waals surface area contributed by atoms with Gasteiger partial charge in [0.1, 0.15) is 0 Å². The van der Waals surface area contributed by atoms with Gasteiger partial charge in [0.05, 0.1) is 0 Å². The summed E-state index contributed by atoms with van der Waals surface area (Å²) < 4.78 is 0. The van der Waals surface area contributed by atoms with Gasteiger partial charge in [-0.05, 0) is 77.0 Å². The molecule has 0 aromatic carbocycles. The molecule has 0 aliphatic rings. The Kier molecular flexibility index (Phi) is 44.9. The van der Waals surface area contributed by atoms with Crippen molar-refractivity contribution in [2.75, 3.05) is 0 Å². The minimum Gasteiger partial charge on any atom is -0.550 e. The molecule has 0 aromatic rings. The van der Waals surface area contributed by atoms with Crippen molar-refractivity contribution in [3.05, 3.63) is 24.3 Å². The quantitative estimate of drug-likeness (QED) is 0.0461. The Balaban J connectivity index is -0.000000688. The molecule has 0 heterocycles. The second kappa shape index (κ2) is 41.3. The summed E-state index contributed by atoms with van der Waals surface area (Å²) in [6.45, 7) is 4.51. The third kappa shape index (κ3) is 49.2. The Morgan fingerprint density at radius 2 is 0.610 bits per heavy atom. The van der Waals surface area contributed by atoms with Crippen molar-refractivity contribution in [2.45, 2.75) is 194 Å². The summed E-state index contributed by atoms with van der Waals surface area (Å²) in [5, 5.41) is 20.4. The molecule has 0 rings (SSSR count). The summed E-state index contributed by atoms with van der Waals surface area (Å²) in [6.07, 6.45) is 41.8. The van der Waals surface area contributed by atoms with E-state index in [0.29, 0.717) is 0 Å². The molecule has 238 valence electrons. The van der Waals surface area contributed by atoms with Crippen molar-refractivity contribution in [3.8, 4) is 0 Å². The number of rotatable bonds is 30. The first-order chi connectivity index (χ1) is 19.5. The molecular formula is C36H66O4Ti. The van der Waals surface area contributed by atoms with E-state index >= 15 is 0 Å². The number of aliphatic carboxylic acids is 2. The molecule has 0 amide bonds. The van der Waals surface area contributed by atoms with Crippen LogP contribution in [0.15, 0.2) is 24.3 Å². The third-order valence-electron chi connectivity index (χ3n) is 7.29. The van der Waals surface area contributed by atoms with Crippen LogP contribution < -0.4 is 10.2 Å². The number of hydrogen-bond donors (Lipinski definition) is 0. The third-order valence-corrected chi connectivity index (χ3v) is 7.29. The second-order valence-corrected chi connectivity index (χ2v) is 11.4. The fourth-order valence-corrected chi connectivity index (χ4v) is 4.68. The van der Waals surface area contributed by atoms with Crippen LogP contribution in [-0.4, -0.2) is 11.9 Å². The van der Waals surface area contributed by atoms with Gasteiger partial charge in [0.15, 0.2) is 0 Å². The Bertz CT molecular complexity index is 524. The van der Waals surface area contributed by atoms with E-state index in [1.807, 2.05) is 0 Å². The molecule has 0 saturated heterocycles. The van der Waals surface area contributed by atoms with Crippen LogP contribution in [0.4, 0.5) is 0 Å². The Hall–Kier alpha value is -0.866. The predicted octanol–water partition coefficient (Wildman–Crippen LogP) is 9.55. The van der Waals surface area contributed by atoms with E-state index in [9.17, 15) is 19.8 Å². The molecule has 0 aliphatic heterocycles. The summed E-state index contributed by atoms with van der Waals surface area (Å²) in [5.74, 6) is -1.83. The maximum atomic E-state index is 10.2. The smallest absolute Gasteiger partial charge is 0.550 e. The molecule has 5 heteroatoms. The zero-order valence-corrected chi connectivity index (χ0v) is 28.8. The number of unbranched alkanes of at least 4 members (excludes halogenated alkanes) is 22. The molecule has 0 fully saturated rings. The van der Waals surface area contributed by atoms with Crippen LogP contribution >= 0.6 is 0 Å². The van der Waals surface area contributed by atoms with Crippen molar-refractivity contribution in [1.29, 1.82) is 0 Å². The SMILES string of the molecule is CCCCCCCC/C=C\CCCCCCCC(=O)[O-].CCCCCCCC/C=C\CCCCCCCC(=O)[O-].[Ti+2]. The first-order valence-electron chi connectivity index (χ1n) is 17.2. The molecule has 0 unspecified atom stereocenters. The number of carbonyl (C=O) groups is 2. The molecular weight excluding hydrogens is 544 g/mol.